The Morgan fingerprint density at radius 2 is 1.87 bits per heavy atom. The number of nitriles is 1. The van der Waals surface area contributed by atoms with Gasteiger partial charge in [0.15, 0.2) is 0 Å². The fourth-order valence-corrected chi connectivity index (χ4v) is 3.18. The van der Waals surface area contributed by atoms with Crippen LogP contribution in [0.5, 0.6) is 11.5 Å². The summed E-state index contributed by atoms with van der Waals surface area (Å²) < 4.78 is 11.6. The number of aryl methyl sites for hydroxylation is 1. The highest BCUT2D eigenvalue weighted by molar-refractivity contribution is 6.32. The first-order valence-corrected chi connectivity index (χ1v) is 9.54. The summed E-state index contributed by atoms with van der Waals surface area (Å²) in [6.45, 7) is 1.57. The van der Waals surface area contributed by atoms with E-state index in [0.717, 1.165) is 10.1 Å². The zero-order chi connectivity index (χ0) is 22.5. The van der Waals surface area contributed by atoms with Crippen LogP contribution < -0.4 is 20.3 Å². The van der Waals surface area contributed by atoms with Gasteiger partial charge in [-0.15, -0.1) is 0 Å². The molecule has 0 atom stereocenters. The SMILES string of the molecule is COc1cc(OC)c(NC(=O)Cn2c(-c3ccc(C)cc3)ncc(C#N)c2=O)cc1Cl. The minimum Gasteiger partial charge on any atom is -0.495 e. The second-order valence-electron chi connectivity index (χ2n) is 6.60. The first kappa shape index (κ1) is 21.9. The van der Waals surface area contributed by atoms with E-state index in [-0.39, 0.29) is 23.0 Å². The maximum atomic E-state index is 12.8. The number of methoxy groups -OCH3 is 2. The second kappa shape index (κ2) is 9.32. The summed E-state index contributed by atoms with van der Waals surface area (Å²) >= 11 is 6.15. The molecule has 0 aliphatic heterocycles. The second-order valence-corrected chi connectivity index (χ2v) is 7.01. The molecule has 0 aliphatic rings. The molecule has 3 aromatic rings. The Kier molecular flexibility index (Phi) is 6.58. The van der Waals surface area contributed by atoms with Crippen molar-refractivity contribution in [2.75, 3.05) is 19.5 Å². The number of anilines is 1. The van der Waals surface area contributed by atoms with Crippen LogP contribution in [0.2, 0.25) is 5.02 Å². The molecule has 1 amide bonds. The van der Waals surface area contributed by atoms with Crippen molar-refractivity contribution in [3.05, 3.63) is 69.1 Å². The van der Waals surface area contributed by atoms with Crippen LogP contribution in [0.4, 0.5) is 5.69 Å². The van der Waals surface area contributed by atoms with Crippen LogP contribution >= 0.6 is 11.6 Å². The Balaban J connectivity index is 1.98. The first-order valence-electron chi connectivity index (χ1n) is 9.16. The van der Waals surface area contributed by atoms with Crippen molar-refractivity contribution in [3.63, 3.8) is 0 Å². The van der Waals surface area contributed by atoms with Gasteiger partial charge in [0.25, 0.3) is 5.56 Å². The van der Waals surface area contributed by atoms with E-state index in [4.69, 9.17) is 21.1 Å². The maximum Gasteiger partial charge on any atom is 0.272 e. The first-order chi connectivity index (χ1) is 14.9. The topological polar surface area (TPSA) is 106 Å². The fourth-order valence-electron chi connectivity index (χ4n) is 2.94. The highest BCUT2D eigenvalue weighted by Crippen LogP contribution is 2.35. The molecule has 0 spiro atoms. The van der Waals surface area contributed by atoms with Crippen molar-refractivity contribution in [2.45, 2.75) is 13.5 Å². The average molecular weight is 439 g/mol. The van der Waals surface area contributed by atoms with Gasteiger partial charge >= 0.3 is 0 Å². The number of halogens is 1. The quantitative estimate of drug-likeness (QED) is 0.632. The standard InChI is InChI=1S/C22H19ClN4O4/c1-13-4-6-14(7-5-13)21-25-11-15(10-24)22(29)27(21)12-20(28)26-17-8-16(23)18(30-2)9-19(17)31-3/h4-9,11H,12H2,1-3H3,(H,26,28). The van der Waals surface area contributed by atoms with Crippen molar-refractivity contribution < 1.29 is 14.3 Å². The molecule has 0 saturated heterocycles. The summed E-state index contributed by atoms with van der Waals surface area (Å²) in [4.78, 5) is 29.8. The van der Waals surface area contributed by atoms with E-state index in [1.165, 1.54) is 26.5 Å². The lowest BCUT2D eigenvalue weighted by atomic mass is 10.1. The number of nitrogens with one attached hydrogen (secondary N) is 1. The molecule has 0 radical (unpaired) electrons. The lowest BCUT2D eigenvalue weighted by molar-refractivity contribution is -0.116. The molecule has 31 heavy (non-hydrogen) atoms. The number of rotatable bonds is 6. The smallest absolute Gasteiger partial charge is 0.272 e. The molecular formula is C22H19ClN4O4. The van der Waals surface area contributed by atoms with Gasteiger partial charge in [-0.25, -0.2) is 4.98 Å². The number of aromatic nitrogens is 2. The summed E-state index contributed by atoms with van der Waals surface area (Å²) in [7, 11) is 2.91. The van der Waals surface area contributed by atoms with Gasteiger partial charge in [0.2, 0.25) is 5.91 Å². The Hall–Kier alpha value is -3.83. The molecule has 0 fully saturated rings. The van der Waals surface area contributed by atoms with Crippen molar-refractivity contribution in [3.8, 4) is 29.0 Å². The monoisotopic (exact) mass is 438 g/mol. The van der Waals surface area contributed by atoms with Crippen molar-refractivity contribution in [1.29, 1.82) is 5.26 Å². The van der Waals surface area contributed by atoms with Crippen molar-refractivity contribution in [1.82, 2.24) is 9.55 Å². The van der Waals surface area contributed by atoms with Crippen LogP contribution in [0, 0.1) is 18.3 Å². The zero-order valence-electron chi connectivity index (χ0n) is 17.1. The average Bonchev–Trinajstić information content (AvgIpc) is 2.76. The van der Waals surface area contributed by atoms with Gasteiger partial charge in [-0.05, 0) is 13.0 Å². The van der Waals surface area contributed by atoms with Gasteiger partial charge in [0, 0.05) is 11.6 Å². The Bertz CT molecular complexity index is 1230. The largest absolute Gasteiger partial charge is 0.495 e. The molecule has 9 heteroatoms. The molecule has 1 aromatic heterocycles. The highest BCUT2D eigenvalue weighted by Gasteiger charge is 2.17. The van der Waals surface area contributed by atoms with Crippen molar-refractivity contribution >= 4 is 23.2 Å². The number of nitrogens with zero attached hydrogens (tertiary/aromatic N) is 3. The third kappa shape index (κ3) is 4.68. The van der Waals surface area contributed by atoms with E-state index in [0.29, 0.717) is 22.7 Å². The van der Waals surface area contributed by atoms with Gasteiger partial charge in [-0.1, -0.05) is 41.4 Å². The van der Waals surface area contributed by atoms with Crippen LogP contribution in [-0.2, 0) is 11.3 Å². The number of carbonyl (C=O) groups excluding carboxylic acids is 1. The number of ether oxygens (including phenoxy) is 2. The van der Waals surface area contributed by atoms with Gasteiger partial charge < -0.3 is 14.8 Å². The van der Waals surface area contributed by atoms with E-state index in [1.54, 1.807) is 24.3 Å². The third-order valence-corrected chi connectivity index (χ3v) is 4.82. The lowest BCUT2D eigenvalue weighted by Gasteiger charge is -2.15. The molecule has 158 valence electrons. The fraction of sp³-hybridized carbons (Fsp3) is 0.182. The highest BCUT2D eigenvalue weighted by atomic mass is 35.5. The normalized spacial score (nSPS) is 10.3. The van der Waals surface area contributed by atoms with E-state index in [9.17, 15) is 14.9 Å². The number of amides is 1. The third-order valence-electron chi connectivity index (χ3n) is 4.53. The van der Waals surface area contributed by atoms with Crippen LogP contribution in [0.1, 0.15) is 11.1 Å². The zero-order valence-corrected chi connectivity index (χ0v) is 17.9. The van der Waals surface area contributed by atoms with Crippen LogP contribution in [-0.4, -0.2) is 29.7 Å². The molecule has 8 nitrogen and oxygen atoms in total. The Morgan fingerprint density at radius 1 is 1.19 bits per heavy atom. The summed E-state index contributed by atoms with van der Waals surface area (Å²) in [5, 5.41) is 12.2. The molecular weight excluding hydrogens is 420 g/mol. The van der Waals surface area contributed by atoms with E-state index < -0.39 is 11.5 Å². The van der Waals surface area contributed by atoms with Crippen LogP contribution in [0.3, 0.4) is 0 Å². The van der Waals surface area contributed by atoms with Gasteiger partial charge in [-0.2, -0.15) is 5.26 Å². The number of hydrogen-bond donors (Lipinski definition) is 1. The molecule has 2 aromatic carbocycles. The van der Waals surface area contributed by atoms with E-state index in [2.05, 4.69) is 10.3 Å². The minimum atomic E-state index is -0.608. The van der Waals surface area contributed by atoms with Gasteiger partial charge in [-0.3, -0.25) is 14.2 Å². The molecule has 3 rings (SSSR count). The van der Waals surface area contributed by atoms with E-state index >= 15 is 0 Å². The molecule has 0 bridgehead atoms. The van der Waals surface area contributed by atoms with Gasteiger partial charge in [0.1, 0.15) is 35.5 Å². The van der Waals surface area contributed by atoms with E-state index in [1.807, 2.05) is 19.1 Å². The summed E-state index contributed by atoms with van der Waals surface area (Å²) in [5.74, 6) is 0.482. The Morgan fingerprint density at radius 3 is 2.48 bits per heavy atom. The van der Waals surface area contributed by atoms with Crippen LogP contribution in [0.25, 0.3) is 11.4 Å². The summed E-state index contributed by atoms with van der Waals surface area (Å²) in [6.07, 6.45) is 1.21. The number of hydrogen-bond acceptors (Lipinski definition) is 6. The lowest BCUT2D eigenvalue weighted by Crippen LogP contribution is -2.31. The predicted octanol–water partition coefficient (Wildman–Crippen LogP) is 3.40. The van der Waals surface area contributed by atoms with Crippen molar-refractivity contribution in [2.24, 2.45) is 0 Å². The molecule has 0 aliphatic carbocycles. The molecule has 1 heterocycles. The Labute approximate surface area is 183 Å². The van der Waals surface area contributed by atoms with Crippen LogP contribution in [0.15, 0.2) is 47.4 Å². The maximum absolute atomic E-state index is 12.8. The molecule has 0 saturated carbocycles. The minimum absolute atomic E-state index is 0.159. The molecule has 1 N–H and O–H groups in total. The summed E-state index contributed by atoms with van der Waals surface area (Å²) in [5.41, 5.74) is 1.22. The molecule has 0 unspecified atom stereocenters. The summed E-state index contributed by atoms with van der Waals surface area (Å²) in [6, 6.07) is 12.2. The number of benzene rings is 2. The predicted molar refractivity (Wildman–Crippen MR) is 117 cm³/mol. The number of carbonyl (C=O) groups is 1. The van der Waals surface area contributed by atoms with Gasteiger partial charge in [0.05, 0.1) is 31.1 Å².